The summed E-state index contributed by atoms with van der Waals surface area (Å²) in [7, 11) is 0. The van der Waals surface area contributed by atoms with Crippen LogP contribution in [0, 0.1) is 0 Å². The second kappa shape index (κ2) is 8.02. The Balaban J connectivity index is 2.04. The minimum atomic E-state index is -0.715. The Kier molecular flexibility index (Phi) is 6.55. The predicted molar refractivity (Wildman–Crippen MR) is 94.1 cm³/mol. The van der Waals surface area contributed by atoms with E-state index in [4.69, 9.17) is 79.1 Å². The van der Waals surface area contributed by atoms with Gasteiger partial charge in [0, 0.05) is 6.07 Å². The lowest BCUT2D eigenvalue weighted by atomic mass is 10.3. The Labute approximate surface area is 161 Å². The van der Waals surface area contributed by atoms with Crippen LogP contribution < -0.4 is 9.47 Å². The van der Waals surface area contributed by atoms with Gasteiger partial charge in [-0.3, -0.25) is 0 Å². The van der Waals surface area contributed by atoms with Gasteiger partial charge in [0.15, 0.2) is 12.4 Å². The highest BCUT2D eigenvalue weighted by Gasteiger charge is 2.15. The molecule has 0 aliphatic carbocycles. The zero-order chi connectivity index (χ0) is 17.1. The minimum absolute atomic E-state index is 0.0279. The lowest BCUT2D eigenvalue weighted by Crippen LogP contribution is -2.18. The summed E-state index contributed by atoms with van der Waals surface area (Å²) in [6, 6.07) is 5.67. The van der Waals surface area contributed by atoms with Crippen molar-refractivity contribution in [1.82, 2.24) is 0 Å². The monoisotopic (exact) mass is 432 g/mol. The van der Waals surface area contributed by atoms with E-state index in [1.54, 1.807) is 0 Å². The van der Waals surface area contributed by atoms with Gasteiger partial charge < -0.3 is 9.47 Å². The highest BCUT2D eigenvalue weighted by Crippen LogP contribution is 2.37. The van der Waals surface area contributed by atoms with Crippen LogP contribution in [0.4, 0.5) is 0 Å². The molecule has 0 atom stereocenters. The molecule has 2 rings (SSSR count). The van der Waals surface area contributed by atoms with Crippen molar-refractivity contribution in [3.8, 4) is 11.5 Å². The first-order chi connectivity index (χ1) is 10.8. The van der Waals surface area contributed by atoms with Gasteiger partial charge in [0.1, 0.15) is 10.8 Å². The maximum absolute atomic E-state index is 11.8. The van der Waals surface area contributed by atoms with Crippen LogP contribution in [-0.2, 0) is 4.79 Å². The molecule has 0 amide bonds. The molecule has 0 aliphatic heterocycles. The van der Waals surface area contributed by atoms with Gasteiger partial charge in [0.05, 0.1) is 25.1 Å². The Morgan fingerprint density at radius 1 is 0.783 bits per heavy atom. The molecule has 0 fully saturated rings. The van der Waals surface area contributed by atoms with Crippen LogP contribution in [0.2, 0.25) is 30.1 Å². The van der Waals surface area contributed by atoms with E-state index in [2.05, 4.69) is 0 Å². The second-order valence-electron chi connectivity index (χ2n) is 4.13. The van der Waals surface area contributed by atoms with Gasteiger partial charge in [-0.05, 0) is 18.2 Å². The van der Waals surface area contributed by atoms with Crippen LogP contribution in [0.1, 0.15) is 0 Å². The van der Waals surface area contributed by atoms with E-state index in [-0.39, 0.29) is 41.6 Å². The molecule has 23 heavy (non-hydrogen) atoms. The number of benzene rings is 2. The van der Waals surface area contributed by atoms with Crippen LogP contribution >= 0.6 is 69.6 Å². The van der Waals surface area contributed by atoms with Crippen LogP contribution in [0.5, 0.6) is 11.5 Å². The van der Waals surface area contributed by atoms with Crippen LogP contribution in [0.25, 0.3) is 0 Å². The Morgan fingerprint density at radius 2 is 1.43 bits per heavy atom. The van der Waals surface area contributed by atoms with Gasteiger partial charge in [0.2, 0.25) is 0 Å². The average Bonchev–Trinajstić information content (AvgIpc) is 2.50. The van der Waals surface area contributed by atoms with E-state index < -0.39 is 12.6 Å². The molecule has 0 bridgehead atoms. The summed E-state index contributed by atoms with van der Waals surface area (Å²) >= 11 is 35.2. The van der Waals surface area contributed by atoms with Crippen LogP contribution in [-0.4, -0.2) is 12.6 Å². The number of hydrogen-bond donors (Lipinski definition) is 0. The zero-order valence-corrected chi connectivity index (χ0v) is 15.5. The summed E-state index contributed by atoms with van der Waals surface area (Å²) in [5.41, 5.74) is 0. The normalized spacial score (nSPS) is 10.5. The molecule has 2 aromatic rings. The summed E-state index contributed by atoms with van der Waals surface area (Å²) in [6.45, 7) is -0.422. The first kappa shape index (κ1) is 18.8. The van der Waals surface area contributed by atoms with Crippen molar-refractivity contribution in [2.24, 2.45) is 0 Å². The van der Waals surface area contributed by atoms with E-state index >= 15 is 0 Å². The first-order valence-corrected chi connectivity index (χ1v) is 8.18. The van der Waals surface area contributed by atoms with Gasteiger partial charge in [-0.2, -0.15) is 0 Å². The fraction of sp³-hybridized carbons (Fsp3) is 0.0714. The van der Waals surface area contributed by atoms with Crippen LogP contribution in [0.3, 0.4) is 0 Å². The Hall–Kier alpha value is -0.550. The Morgan fingerprint density at radius 3 is 2.13 bits per heavy atom. The van der Waals surface area contributed by atoms with Crippen LogP contribution in [0.15, 0.2) is 24.3 Å². The number of rotatable bonds is 4. The molecule has 0 saturated heterocycles. The molecule has 0 heterocycles. The molecule has 0 radical (unpaired) electrons. The van der Waals surface area contributed by atoms with Crippen molar-refractivity contribution in [2.75, 3.05) is 6.61 Å². The van der Waals surface area contributed by atoms with Crippen molar-refractivity contribution < 1.29 is 14.3 Å². The maximum Gasteiger partial charge on any atom is 0.349 e. The summed E-state index contributed by atoms with van der Waals surface area (Å²) in [5.74, 6) is -0.458. The van der Waals surface area contributed by atoms with Gasteiger partial charge >= 0.3 is 5.97 Å². The van der Waals surface area contributed by atoms with Crippen molar-refractivity contribution in [1.29, 1.82) is 0 Å². The van der Waals surface area contributed by atoms with Gasteiger partial charge in [-0.25, -0.2) is 4.79 Å². The highest BCUT2D eigenvalue weighted by atomic mass is 35.5. The smallest absolute Gasteiger partial charge is 0.349 e. The third-order valence-corrected chi connectivity index (χ3v) is 4.84. The SMILES string of the molecule is O=C(COc1cc(Cl)c(Cl)cc1Cl)Oc1ccc(Cl)c(Cl)c1Cl. The van der Waals surface area contributed by atoms with E-state index in [0.717, 1.165) is 0 Å². The van der Waals surface area contributed by atoms with Gasteiger partial charge in [-0.1, -0.05) is 69.6 Å². The predicted octanol–water partition coefficient (Wildman–Crippen LogP) is 6.59. The summed E-state index contributed by atoms with van der Waals surface area (Å²) in [6.07, 6.45) is 0. The lowest BCUT2D eigenvalue weighted by Gasteiger charge is -2.10. The molecular formula is C14H6Cl6O3. The molecule has 9 heteroatoms. The average molecular weight is 435 g/mol. The molecule has 0 aromatic heterocycles. The fourth-order valence-electron chi connectivity index (χ4n) is 1.49. The lowest BCUT2D eigenvalue weighted by molar-refractivity contribution is -0.136. The number of hydrogen-bond acceptors (Lipinski definition) is 3. The maximum atomic E-state index is 11.8. The number of halogens is 6. The van der Waals surface area contributed by atoms with E-state index in [1.165, 1.54) is 24.3 Å². The third-order valence-electron chi connectivity index (χ3n) is 2.54. The molecule has 0 saturated carbocycles. The minimum Gasteiger partial charge on any atom is -0.480 e. The molecule has 0 spiro atoms. The van der Waals surface area contributed by atoms with Gasteiger partial charge in [-0.15, -0.1) is 0 Å². The molecule has 0 aliphatic rings. The van der Waals surface area contributed by atoms with E-state index in [9.17, 15) is 4.79 Å². The van der Waals surface area contributed by atoms with Crippen molar-refractivity contribution in [2.45, 2.75) is 0 Å². The largest absolute Gasteiger partial charge is 0.480 e. The zero-order valence-electron chi connectivity index (χ0n) is 11.0. The summed E-state index contributed by atoms with van der Waals surface area (Å²) in [5, 5.41) is 1.09. The van der Waals surface area contributed by atoms with Crippen molar-refractivity contribution >= 4 is 75.6 Å². The number of carbonyl (C=O) groups is 1. The summed E-state index contributed by atoms with van der Waals surface area (Å²) < 4.78 is 10.3. The number of ether oxygens (including phenoxy) is 2. The molecule has 0 unspecified atom stereocenters. The summed E-state index contributed by atoms with van der Waals surface area (Å²) in [4.78, 5) is 11.8. The first-order valence-electron chi connectivity index (χ1n) is 5.91. The molecule has 0 N–H and O–H groups in total. The second-order valence-corrected chi connectivity index (χ2v) is 6.52. The van der Waals surface area contributed by atoms with E-state index in [0.29, 0.717) is 0 Å². The molecule has 122 valence electrons. The topological polar surface area (TPSA) is 35.5 Å². The molecule has 3 nitrogen and oxygen atoms in total. The molecular weight excluding hydrogens is 429 g/mol. The quantitative estimate of drug-likeness (QED) is 0.235. The standard InChI is InChI=1S/C14H6Cl6O3/c15-6-1-2-10(14(20)13(6)19)23-12(21)5-22-11-4-8(17)7(16)3-9(11)18/h1-4H,5H2. The third kappa shape index (κ3) is 4.72. The van der Waals surface area contributed by atoms with E-state index in [1.807, 2.05) is 0 Å². The van der Waals surface area contributed by atoms with Gasteiger partial charge in [0.25, 0.3) is 0 Å². The Bertz CT molecular complexity index is 763. The molecule has 2 aromatic carbocycles. The highest BCUT2D eigenvalue weighted by molar-refractivity contribution is 6.48. The number of carbonyl (C=O) groups excluding carboxylic acids is 1. The van der Waals surface area contributed by atoms with Crippen molar-refractivity contribution in [3.05, 3.63) is 54.4 Å². The van der Waals surface area contributed by atoms with Crippen molar-refractivity contribution in [3.63, 3.8) is 0 Å². The fourth-order valence-corrected chi connectivity index (χ4v) is 2.65. The number of esters is 1.